The fraction of sp³-hybridized carbons (Fsp3) is 0.562. The van der Waals surface area contributed by atoms with Crippen LogP contribution in [-0.4, -0.2) is 110 Å². The van der Waals surface area contributed by atoms with Crippen molar-refractivity contribution in [1.29, 1.82) is 0 Å². The molecule has 2 amide bonds. The molecule has 5 rings (SSSR count). The summed E-state index contributed by atoms with van der Waals surface area (Å²) in [5.74, 6) is 0.0853. The van der Waals surface area contributed by atoms with E-state index in [1.54, 1.807) is 0 Å². The molecule has 0 atom stereocenters. The molecule has 2 aromatic rings. The molecule has 210 valence electrons. The van der Waals surface area contributed by atoms with Crippen LogP contribution in [0.1, 0.15) is 59.2 Å². The number of carbonyl (C=O) groups is 2. The van der Waals surface area contributed by atoms with Gasteiger partial charge in [0.25, 0.3) is 11.8 Å². The molecule has 7 nitrogen and oxygen atoms in total. The first-order valence-corrected chi connectivity index (χ1v) is 15.0. The highest BCUT2D eigenvalue weighted by Gasteiger charge is 2.25. The molecule has 0 bridgehead atoms. The Bertz CT molecular complexity index is 1060. The number of carbonyl (C=O) groups excluding carboxylic acids is 2. The molecule has 3 aliphatic rings. The van der Waals surface area contributed by atoms with E-state index in [1.165, 1.54) is 58.3 Å². The van der Waals surface area contributed by atoms with Gasteiger partial charge < -0.3 is 24.9 Å². The SMILES string of the molecule is CN1CCN(C(=O)c2ccc(-c3ccc(C(=O)NCCCN4CCC(N5CCCCC5)CC4)cc3)cc2)CC1. The molecule has 1 N–H and O–H groups in total. The van der Waals surface area contributed by atoms with E-state index in [0.717, 1.165) is 61.9 Å². The normalized spacial score (nSPS) is 20.2. The summed E-state index contributed by atoms with van der Waals surface area (Å²) in [6, 6.07) is 16.3. The fourth-order valence-electron chi connectivity index (χ4n) is 6.21. The second-order valence-corrected chi connectivity index (χ2v) is 11.5. The van der Waals surface area contributed by atoms with Crippen LogP contribution in [0.4, 0.5) is 0 Å². The lowest BCUT2D eigenvalue weighted by Crippen LogP contribution is -2.47. The minimum absolute atomic E-state index is 0.0153. The zero-order valence-corrected chi connectivity index (χ0v) is 23.6. The maximum absolute atomic E-state index is 12.8. The Morgan fingerprint density at radius 1 is 0.744 bits per heavy atom. The standard InChI is InChI=1S/C32H45N5O2/c1-34-22-24-37(25-23-34)32(39)29-12-8-27(9-13-29)26-6-10-28(11-7-26)31(38)33-16-5-17-35-20-14-30(15-21-35)36-18-3-2-4-19-36/h6-13,30H,2-5,14-25H2,1H3,(H,33,38). The first kappa shape index (κ1) is 27.8. The molecule has 0 unspecified atom stereocenters. The van der Waals surface area contributed by atoms with Crippen molar-refractivity contribution in [1.82, 2.24) is 24.9 Å². The zero-order chi connectivity index (χ0) is 27.0. The van der Waals surface area contributed by atoms with Crippen LogP contribution in [0.3, 0.4) is 0 Å². The smallest absolute Gasteiger partial charge is 0.253 e. The fourth-order valence-corrected chi connectivity index (χ4v) is 6.21. The van der Waals surface area contributed by atoms with Crippen LogP contribution >= 0.6 is 0 Å². The summed E-state index contributed by atoms with van der Waals surface area (Å²) >= 11 is 0. The van der Waals surface area contributed by atoms with Gasteiger partial charge in [0.2, 0.25) is 0 Å². The molecule has 2 aromatic carbocycles. The largest absolute Gasteiger partial charge is 0.352 e. The van der Waals surface area contributed by atoms with Gasteiger partial charge in [-0.1, -0.05) is 30.7 Å². The first-order chi connectivity index (χ1) is 19.1. The van der Waals surface area contributed by atoms with Gasteiger partial charge in [-0.25, -0.2) is 0 Å². The number of benzene rings is 2. The van der Waals surface area contributed by atoms with Crippen molar-refractivity contribution >= 4 is 11.8 Å². The Morgan fingerprint density at radius 3 is 1.95 bits per heavy atom. The van der Waals surface area contributed by atoms with Crippen LogP contribution in [0, 0.1) is 0 Å². The summed E-state index contributed by atoms with van der Waals surface area (Å²) in [5, 5.41) is 3.09. The van der Waals surface area contributed by atoms with Crippen molar-refractivity contribution in [3.8, 4) is 11.1 Å². The quantitative estimate of drug-likeness (QED) is 0.525. The Kier molecular flexibility index (Phi) is 9.67. The van der Waals surface area contributed by atoms with Gasteiger partial charge in [0, 0.05) is 49.9 Å². The van der Waals surface area contributed by atoms with Gasteiger partial charge in [0.05, 0.1) is 0 Å². The summed E-state index contributed by atoms with van der Waals surface area (Å²) in [7, 11) is 2.09. The van der Waals surface area contributed by atoms with E-state index in [-0.39, 0.29) is 11.8 Å². The van der Waals surface area contributed by atoms with Crippen LogP contribution < -0.4 is 5.32 Å². The van der Waals surface area contributed by atoms with Gasteiger partial charge in [-0.3, -0.25) is 9.59 Å². The molecule has 7 heteroatoms. The third-order valence-electron chi connectivity index (χ3n) is 8.80. The Hall–Kier alpha value is -2.74. The topological polar surface area (TPSA) is 59.1 Å². The molecular formula is C32H45N5O2. The Labute approximate surface area is 234 Å². The first-order valence-electron chi connectivity index (χ1n) is 15.0. The summed E-state index contributed by atoms with van der Waals surface area (Å²) in [6.07, 6.45) is 7.70. The molecule has 0 spiro atoms. The van der Waals surface area contributed by atoms with E-state index < -0.39 is 0 Å². The van der Waals surface area contributed by atoms with Crippen LogP contribution in [-0.2, 0) is 0 Å². The average molecular weight is 532 g/mol. The van der Waals surface area contributed by atoms with Crippen molar-refractivity contribution in [2.45, 2.75) is 44.6 Å². The third-order valence-corrected chi connectivity index (χ3v) is 8.80. The minimum atomic E-state index is -0.0153. The molecule has 3 aliphatic heterocycles. The van der Waals surface area contributed by atoms with Gasteiger partial charge in [-0.15, -0.1) is 0 Å². The number of likely N-dealkylation sites (tertiary alicyclic amines) is 2. The molecule has 3 saturated heterocycles. The number of hydrogen-bond acceptors (Lipinski definition) is 5. The number of nitrogens with zero attached hydrogens (tertiary/aromatic N) is 4. The van der Waals surface area contributed by atoms with E-state index in [2.05, 4.69) is 27.1 Å². The number of nitrogens with one attached hydrogen (secondary N) is 1. The molecule has 0 radical (unpaired) electrons. The second-order valence-electron chi connectivity index (χ2n) is 11.5. The number of hydrogen-bond donors (Lipinski definition) is 1. The molecular weight excluding hydrogens is 486 g/mol. The van der Waals surface area contributed by atoms with Crippen LogP contribution in [0.2, 0.25) is 0 Å². The van der Waals surface area contributed by atoms with E-state index >= 15 is 0 Å². The van der Waals surface area contributed by atoms with Gasteiger partial charge in [-0.05, 0) is 107 Å². The minimum Gasteiger partial charge on any atom is -0.352 e. The lowest BCUT2D eigenvalue weighted by molar-refractivity contribution is 0.0664. The summed E-state index contributed by atoms with van der Waals surface area (Å²) in [4.78, 5) is 34.9. The maximum Gasteiger partial charge on any atom is 0.253 e. The third kappa shape index (κ3) is 7.47. The molecule has 39 heavy (non-hydrogen) atoms. The number of likely N-dealkylation sites (N-methyl/N-ethyl adjacent to an activating group) is 1. The van der Waals surface area contributed by atoms with Crippen molar-refractivity contribution in [2.75, 3.05) is 72.5 Å². The average Bonchev–Trinajstić information content (AvgIpc) is 3.00. The Morgan fingerprint density at radius 2 is 1.33 bits per heavy atom. The number of piperazine rings is 1. The predicted molar refractivity (Wildman–Crippen MR) is 157 cm³/mol. The number of rotatable bonds is 8. The lowest BCUT2D eigenvalue weighted by Gasteiger charge is -2.40. The number of piperidine rings is 2. The highest BCUT2D eigenvalue weighted by molar-refractivity contribution is 5.95. The molecule has 3 fully saturated rings. The van der Waals surface area contributed by atoms with Crippen molar-refractivity contribution in [2.24, 2.45) is 0 Å². The molecule has 0 aliphatic carbocycles. The van der Waals surface area contributed by atoms with Crippen LogP contribution in [0.15, 0.2) is 48.5 Å². The summed E-state index contributed by atoms with van der Waals surface area (Å²) < 4.78 is 0. The van der Waals surface area contributed by atoms with E-state index in [4.69, 9.17) is 0 Å². The predicted octanol–water partition coefficient (Wildman–Crippen LogP) is 3.81. The molecule has 0 aromatic heterocycles. The summed E-state index contributed by atoms with van der Waals surface area (Å²) in [6.45, 7) is 10.1. The summed E-state index contributed by atoms with van der Waals surface area (Å²) in [5.41, 5.74) is 3.49. The van der Waals surface area contributed by atoms with Gasteiger partial charge in [0.15, 0.2) is 0 Å². The van der Waals surface area contributed by atoms with Gasteiger partial charge >= 0.3 is 0 Å². The van der Waals surface area contributed by atoms with Crippen molar-refractivity contribution in [3.05, 3.63) is 59.7 Å². The highest BCUT2D eigenvalue weighted by Crippen LogP contribution is 2.22. The van der Waals surface area contributed by atoms with Crippen molar-refractivity contribution < 1.29 is 9.59 Å². The molecule has 3 heterocycles. The Balaban J connectivity index is 1.02. The highest BCUT2D eigenvalue weighted by atomic mass is 16.2. The second kappa shape index (κ2) is 13.6. The van der Waals surface area contributed by atoms with E-state index in [0.29, 0.717) is 12.1 Å². The zero-order valence-electron chi connectivity index (χ0n) is 23.6. The molecule has 0 saturated carbocycles. The van der Waals surface area contributed by atoms with Gasteiger partial charge in [-0.2, -0.15) is 0 Å². The monoisotopic (exact) mass is 531 g/mol. The van der Waals surface area contributed by atoms with Crippen LogP contribution in [0.5, 0.6) is 0 Å². The number of amides is 2. The van der Waals surface area contributed by atoms with Crippen molar-refractivity contribution in [3.63, 3.8) is 0 Å². The van der Waals surface area contributed by atoms with E-state index in [1.807, 2.05) is 53.4 Å². The maximum atomic E-state index is 12.8. The van der Waals surface area contributed by atoms with Crippen LogP contribution in [0.25, 0.3) is 11.1 Å². The lowest BCUT2D eigenvalue weighted by atomic mass is 10.00. The van der Waals surface area contributed by atoms with E-state index in [9.17, 15) is 9.59 Å². The van der Waals surface area contributed by atoms with Gasteiger partial charge in [0.1, 0.15) is 0 Å².